The van der Waals surface area contributed by atoms with Gasteiger partial charge in [-0.2, -0.15) is 0 Å². The molecular weight excluding hydrogens is 342 g/mol. The molecule has 0 aliphatic heterocycles. The van der Waals surface area contributed by atoms with Crippen LogP contribution in [-0.2, 0) is 11.4 Å². The first-order valence-corrected chi connectivity index (χ1v) is 8.99. The Hall–Kier alpha value is -2.89. The molecule has 2 rings (SSSR count). The van der Waals surface area contributed by atoms with Crippen molar-refractivity contribution < 1.29 is 14.3 Å². The zero-order chi connectivity index (χ0) is 20.1. The molecule has 0 radical (unpaired) electrons. The summed E-state index contributed by atoms with van der Waals surface area (Å²) in [5.41, 5.74) is 3.40. The van der Waals surface area contributed by atoms with Gasteiger partial charge in [-0.1, -0.05) is 31.2 Å². The lowest BCUT2D eigenvalue weighted by Gasteiger charge is -2.14. The lowest BCUT2D eigenvalue weighted by atomic mass is 10.1. The molecule has 0 saturated heterocycles. The van der Waals surface area contributed by atoms with E-state index in [0.717, 1.165) is 28.3 Å². The van der Waals surface area contributed by atoms with Crippen LogP contribution in [0.3, 0.4) is 0 Å². The van der Waals surface area contributed by atoms with Crippen LogP contribution in [-0.4, -0.2) is 29.9 Å². The minimum absolute atomic E-state index is 0.342. The Morgan fingerprint density at radius 1 is 1.04 bits per heavy atom. The topological polar surface area (TPSA) is 65.8 Å². The molecule has 0 spiro atoms. The molecule has 1 heterocycles. The Morgan fingerprint density at radius 2 is 1.74 bits per heavy atom. The number of nitrogens with zero attached hydrogens (tertiary/aromatic N) is 3. The van der Waals surface area contributed by atoms with Crippen molar-refractivity contribution in [3.63, 3.8) is 0 Å². The summed E-state index contributed by atoms with van der Waals surface area (Å²) >= 11 is 0. The highest BCUT2D eigenvalue weighted by Crippen LogP contribution is 2.29. The van der Waals surface area contributed by atoms with E-state index >= 15 is 0 Å². The van der Waals surface area contributed by atoms with Crippen molar-refractivity contribution in [3.8, 4) is 11.5 Å². The SMILES string of the molecule is C/C=C/COc1cc(C)c(OCc2cnc(C=NOC)cn2)c(C)c1.CC. The molecule has 0 bridgehead atoms. The molecule has 1 aromatic carbocycles. The predicted molar refractivity (Wildman–Crippen MR) is 109 cm³/mol. The van der Waals surface area contributed by atoms with E-state index < -0.39 is 0 Å². The van der Waals surface area contributed by atoms with Crippen molar-refractivity contribution in [1.82, 2.24) is 9.97 Å². The molecule has 0 fully saturated rings. The number of oxime groups is 1. The fraction of sp³-hybridized carbons (Fsp3) is 0.381. The van der Waals surface area contributed by atoms with E-state index in [4.69, 9.17) is 9.47 Å². The van der Waals surface area contributed by atoms with Gasteiger partial charge in [0.1, 0.15) is 37.5 Å². The Morgan fingerprint density at radius 3 is 2.30 bits per heavy atom. The van der Waals surface area contributed by atoms with Crippen LogP contribution in [0.5, 0.6) is 11.5 Å². The third-order valence-corrected chi connectivity index (χ3v) is 3.40. The summed E-state index contributed by atoms with van der Waals surface area (Å²) in [7, 11) is 1.48. The van der Waals surface area contributed by atoms with Gasteiger partial charge in [0.2, 0.25) is 0 Å². The van der Waals surface area contributed by atoms with Crippen molar-refractivity contribution in [2.45, 2.75) is 41.2 Å². The summed E-state index contributed by atoms with van der Waals surface area (Å²) in [4.78, 5) is 13.1. The highest BCUT2D eigenvalue weighted by Gasteiger charge is 2.08. The first kappa shape index (κ1) is 22.2. The fourth-order valence-corrected chi connectivity index (χ4v) is 2.22. The normalized spacial score (nSPS) is 10.6. The van der Waals surface area contributed by atoms with Crippen molar-refractivity contribution in [1.29, 1.82) is 0 Å². The Balaban J connectivity index is 0.00000176. The zero-order valence-corrected chi connectivity index (χ0v) is 17.0. The molecule has 0 saturated carbocycles. The summed E-state index contributed by atoms with van der Waals surface area (Å²) in [5.74, 6) is 1.67. The summed E-state index contributed by atoms with van der Waals surface area (Å²) < 4.78 is 11.6. The lowest BCUT2D eigenvalue weighted by Crippen LogP contribution is -2.03. The Kier molecular flexibility index (Phi) is 10.2. The van der Waals surface area contributed by atoms with E-state index in [-0.39, 0.29) is 0 Å². The third kappa shape index (κ3) is 7.48. The van der Waals surface area contributed by atoms with E-state index in [2.05, 4.69) is 20.0 Å². The van der Waals surface area contributed by atoms with Crippen molar-refractivity contribution in [3.05, 3.63) is 59.2 Å². The number of aryl methyl sites for hydroxylation is 2. The average Bonchev–Trinajstić information content (AvgIpc) is 2.68. The number of aromatic nitrogens is 2. The average molecular weight is 371 g/mol. The van der Waals surface area contributed by atoms with Gasteiger partial charge in [0.05, 0.1) is 24.3 Å². The first-order chi connectivity index (χ1) is 13.1. The highest BCUT2D eigenvalue weighted by atomic mass is 16.6. The summed E-state index contributed by atoms with van der Waals surface area (Å²) in [5, 5.41) is 3.65. The molecule has 1 aromatic heterocycles. The van der Waals surface area contributed by atoms with Crippen LogP contribution in [0, 0.1) is 13.8 Å². The van der Waals surface area contributed by atoms with E-state index in [1.54, 1.807) is 12.4 Å². The molecule has 27 heavy (non-hydrogen) atoms. The predicted octanol–water partition coefficient (Wildman–Crippen LogP) is 4.63. The molecule has 0 unspecified atom stereocenters. The maximum absolute atomic E-state index is 5.92. The van der Waals surface area contributed by atoms with Gasteiger partial charge >= 0.3 is 0 Å². The molecule has 2 aromatic rings. The first-order valence-electron chi connectivity index (χ1n) is 8.99. The van der Waals surface area contributed by atoms with Crippen molar-refractivity contribution in [2.75, 3.05) is 13.7 Å². The van der Waals surface area contributed by atoms with Crippen LogP contribution in [0.4, 0.5) is 0 Å². The number of hydrogen-bond acceptors (Lipinski definition) is 6. The highest BCUT2D eigenvalue weighted by molar-refractivity contribution is 5.75. The monoisotopic (exact) mass is 371 g/mol. The molecule has 6 nitrogen and oxygen atoms in total. The third-order valence-electron chi connectivity index (χ3n) is 3.40. The van der Waals surface area contributed by atoms with E-state index in [1.807, 2.05) is 58.9 Å². The van der Waals surface area contributed by atoms with Gasteiger partial charge in [-0.05, 0) is 44.0 Å². The van der Waals surface area contributed by atoms with Crippen LogP contribution >= 0.6 is 0 Å². The Bertz CT molecular complexity index is 718. The van der Waals surface area contributed by atoms with Gasteiger partial charge in [0, 0.05) is 0 Å². The van der Waals surface area contributed by atoms with Gasteiger partial charge in [-0.3, -0.25) is 9.97 Å². The van der Waals surface area contributed by atoms with Crippen molar-refractivity contribution >= 4 is 6.21 Å². The molecule has 0 aliphatic carbocycles. The van der Waals surface area contributed by atoms with Crippen LogP contribution in [0.1, 0.15) is 43.3 Å². The van der Waals surface area contributed by atoms with E-state index in [9.17, 15) is 0 Å². The summed E-state index contributed by atoms with van der Waals surface area (Å²) in [6.45, 7) is 10.9. The number of ether oxygens (including phenoxy) is 2. The number of allylic oxidation sites excluding steroid dienone is 1. The van der Waals surface area contributed by atoms with Gasteiger partial charge in [-0.15, -0.1) is 0 Å². The molecule has 0 aliphatic rings. The quantitative estimate of drug-likeness (QED) is 0.384. The zero-order valence-electron chi connectivity index (χ0n) is 17.0. The van der Waals surface area contributed by atoms with Gasteiger partial charge in [-0.25, -0.2) is 0 Å². The number of benzene rings is 1. The molecule has 146 valence electrons. The van der Waals surface area contributed by atoms with Crippen LogP contribution in [0.15, 0.2) is 41.8 Å². The van der Waals surface area contributed by atoms with E-state index in [1.165, 1.54) is 13.3 Å². The molecule has 0 N–H and O–H groups in total. The minimum atomic E-state index is 0.342. The maximum atomic E-state index is 5.92. The largest absolute Gasteiger partial charge is 0.490 e. The van der Waals surface area contributed by atoms with E-state index in [0.29, 0.717) is 18.9 Å². The molecule has 0 amide bonds. The Labute approximate surface area is 161 Å². The lowest BCUT2D eigenvalue weighted by molar-refractivity contribution is 0.215. The summed E-state index contributed by atoms with van der Waals surface area (Å²) in [6.07, 6.45) is 8.72. The molecular formula is C21H29N3O3. The maximum Gasteiger partial charge on any atom is 0.132 e. The van der Waals surface area contributed by atoms with Crippen LogP contribution in [0.25, 0.3) is 0 Å². The number of rotatable bonds is 8. The second kappa shape index (κ2) is 12.5. The second-order valence-electron chi connectivity index (χ2n) is 5.40. The van der Waals surface area contributed by atoms with Gasteiger partial charge in [0.25, 0.3) is 0 Å². The van der Waals surface area contributed by atoms with Crippen molar-refractivity contribution in [2.24, 2.45) is 5.16 Å². The smallest absolute Gasteiger partial charge is 0.132 e. The van der Waals surface area contributed by atoms with Gasteiger partial charge < -0.3 is 14.3 Å². The number of hydrogen-bond donors (Lipinski definition) is 0. The van der Waals surface area contributed by atoms with Crippen LogP contribution < -0.4 is 9.47 Å². The van der Waals surface area contributed by atoms with Crippen LogP contribution in [0.2, 0.25) is 0 Å². The fourth-order valence-electron chi connectivity index (χ4n) is 2.22. The standard InChI is InChI=1S/C19H23N3O3.C2H6/c1-5-6-7-24-18-8-14(2)19(15(3)9-18)25-13-17-11-20-16(10-21-17)12-22-23-4;1-2/h5-6,8-12H,7,13H2,1-4H3;1-2H3/b6-5+,22-12?;. The molecule has 6 heteroatoms. The minimum Gasteiger partial charge on any atom is -0.490 e. The molecule has 0 atom stereocenters. The second-order valence-corrected chi connectivity index (χ2v) is 5.40. The summed E-state index contributed by atoms with van der Waals surface area (Å²) in [6, 6.07) is 3.95. The van der Waals surface area contributed by atoms with Gasteiger partial charge in [0.15, 0.2) is 0 Å².